The lowest BCUT2D eigenvalue weighted by Crippen LogP contribution is -2.42. The molecule has 1 aromatic rings. The second-order valence-corrected chi connectivity index (χ2v) is 5.96. The molecule has 22 heavy (non-hydrogen) atoms. The Morgan fingerprint density at radius 2 is 1.64 bits per heavy atom. The van der Waals surface area contributed by atoms with Crippen LogP contribution in [0.3, 0.4) is 0 Å². The molecule has 4 nitrogen and oxygen atoms in total. The fourth-order valence-corrected chi connectivity index (χ4v) is 3.35. The first-order chi connectivity index (χ1) is 10.6. The fourth-order valence-electron chi connectivity index (χ4n) is 3.35. The summed E-state index contributed by atoms with van der Waals surface area (Å²) in [6, 6.07) is 6.01. The number of nitrogens with one attached hydrogen (secondary N) is 1. The minimum atomic E-state index is -1.10. The van der Waals surface area contributed by atoms with Crippen LogP contribution in [0.4, 0.5) is 5.69 Å². The minimum absolute atomic E-state index is 0.176. The number of aliphatic carboxylic acids is 1. The Labute approximate surface area is 131 Å². The van der Waals surface area contributed by atoms with Gasteiger partial charge in [0.15, 0.2) is 0 Å². The van der Waals surface area contributed by atoms with Gasteiger partial charge in [-0.05, 0) is 36.8 Å². The first kappa shape index (κ1) is 16.5. The number of para-hydroxylation sites is 1. The molecule has 0 radical (unpaired) electrons. The number of hydrogen-bond donors (Lipinski definition) is 1. The molecule has 0 aromatic heterocycles. The van der Waals surface area contributed by atoms with Gasteiger partial charge in [-0.2, -0.15) is 0 Å². The summed E-state index contributed by atoms with van der Waals surface area (Å²) in [5.41, 5.74) is 3.04. The summed E-state index contributed by atoms with van der Waals surface area (Å²) in [5, 5.41) is 14.3. The monoisotopic (exact) mass is 302 g/mol. The van der Waals surface area contributed by atoms with Gasteiger partial charge in [0, 0.05) is 23.5 Å². The van der Waals surface area contributed by atoms with Crippen LogP contribution in [0.5, 0.6) is 0 Å². The summed E-state index contributed by atoms with van der Waals surface area (Å²) < 4.78 is 0. The minimum Gasteiger partial charge on any atom is -0.550 e. The van der Waals surface area contributed by atoms with E-state index in [-0.39, 0.29) is 5.91 Å². The number of carboxylic acids is 1. The van der Waals surface area contributed by atoms with Crippen LogP contribution in [0.1, 0.15) is 50.7 Å². The van der Waals surface area contributed by atoms with Crippen LogP contribution in [0.15, 0.2) is 18.2 Å². The molecule has 1 aliphatic carbocycles. The zero-order valence-electron chi connectivity index (χ0n) is 13.4. The molecule has 0 aliphatic heterocycles. The highest BCUT2D eigenvalue weighted by molar-refractivity contribution is 5.96. The number of carbonyl (C=O) groups is 2. The zero-order chi connectivity index (χ0) is 16.1. The summed E-state index contributed by atoms with van der Waals surface area (Å²) in [4.78, 5) is 23.9. The number of amides is 1. The zero-order valence-corrected chi connectivity index (χ0v) is 13.4. The van der Waals surface area contributed by atoms with E-state index >= 15 is 0 Å². The van der Waals surface area contributed by atoms with Gasteiger partial charge in [0.25, 0.3) is 0 Å². The highest BCUT2D eigenvalue weighted by atomic mass is 16.4. The van der Waals surface area contributed by atoms with Crippen molar-refractivity contribution in [1.82, 2.24) is 0 Å². The number of benzene rings is 1. The van der Waals surface area contributed by atoms with Gasteiger partial charge in [-0.3, -0.25) is 4.79 Å². The van der Waals surface area contributed by atoms with Gasteiger partial charge in [-0.25, -0.2) is 0 Å². The summed E-state index contributed by atoms with van der Waals surface area (Å²) in [6.07, 6.45) is 4.58. The third-order valence-corrected chi connectivity index (χ3v) is 4.65. The van der Waals surface area contributed by atoms with Crippen molar-refractivity contribution >= 4 is 17.6 Å². The van der Waals surface area contributed by atoms with Crippen molar-refractivity contribution in [1.29, 1.82) is 0 Å². The Kier molecular flexibility index (Phi) is 5.58. The maximum Gasteiger partial charge on any atom is 0.228 e. The molecule has 0 saturated heterocycles. The molecule has 1 amide bonds. The highest BCUT2D eigenvalue weighted by Gasteiger charge is 2.32. The molecule has 2 atom stereocenters. The van der Waals surface area contributed by atoms with Crippen molar-refractivity contribution in [3.05, 3.63) is 29.3 Å². The lowest BCUT2D eigenvalue weighted by Gasteiger charge is -2.31. The van der Waals surface area contributed by atoms with Crippen molar-refractivity contribution in [3.63, 3.8) is 0 Å². The largest absolute Gasteiger partial charge is 0.550 e. The standard InChI is InChI=1S/C18H25NO3/c1-3-12-8-7-9-13(4-2)16(12)19-17(20)14-10-5-6-11-15(14)18(21)22/h7-9,14-15H,3-6,10-11H2,1-2H3,(H,19,20)(H,21,22)/p-1. The van der Waals surface area contributed by atoms with E-state index in [1.54, 1.807) is 0 Å². The molecule has 1 saturated carbocycles. The highest BCUT2D eigenvalue weighted by Crippen LogP contribution is 2.32. The number of hydrogen-bond acceptors (Lipinski definition) is 3. The van der Waals surface area contributed by atoms with Crippen LogP contribution in [-0.4, -0.2) is 11.9 Å². The Bertz CT molecular complexity index is 531. The maximum absolute atomic E-state index is 12.6. The van der Waals surface area contributed by atoms with E-state index in [0.717, 1.165) is 42.5 Å². The summed E-state index contributed by atoms with van der Waals surface area (Å²) in [7, 11) is 0. The van der Waals surface area contributed by atoms with Gasteiger partial charge in [0.05, 0.1) is 0 Å². The fraction of sp³-hybridized carbons (Fsp3) is 0.556. The van der Waals surface area contributed by atoms with Crippen LogP contribution in [0.25, 0.3) is 0 Å². The second-order valence-electron chi connectivity index (χ2n) is 5.96. The van der Waals surface area contributed by atoms with Gasteiger partial charge in [0.2, 0.25) is 5.91 Å². The van der Waals surface area contributed by atoms with Crippen LogP contribution >= 0.6 is 0 Å². The third-order valence-electron chi connectivity index (χ3n) is 4.65. The number of carboxylic acid groups (broad SMARTS) is 1. The van der Waals surface area contributed by atoms with Gasteiger partial charge in [0.1, 0.15) is 0 Å². The molecule has 4 heteroatoms. The van der Waals surface area contributed by atoms with E-state index in [0.29, 0.717) is 12.8 Å². The quantitative estimate of drug-likeness (QED) is 0.907. The molecule has 120 valence electrons. The Balaban J connectivity index is 2.22. The topological polar surface area (TPSA) is 69.2 Å². The molecule has 1 fully saturated rings. The summed E-state index contributed by atoms with van der Waals surface area (Å²) in [6.45, 7) is 4.10. The van der Waals surface area contributed by atoms with Crippen molar-refractivity contribution in [2.24, 2.45) is 11.8 Å². The smallest absolute Gasteiger partial charge is 0.228 e. The Morgan fingerprint density at radius 1 is 1.09 bits per heavy atom. The van der Waals surface area contributed by atoms with Crippen LogP contribution in [0, 0.1) is 11.8 Å². The van der Waals surface area contributed by atoms with Crippen LogP contribution < -0.4 is 10.4 Å². The van der Waals surface area contributed by atoms with E-state index in [1.807, 2.05) is 18.2 Å². The molecule has 1 aromatic carbocycles. The van der Waals surface area contributed by atoms with Crippen LogP contribution in [0.2, 0.25) is 0 Å². The lowest BCUT2D eigenvalue weighted by atomic mass is 9.78. The first-order valence-corrected chi connectivity index (χ1v) is 8.20. The van der Waals surface area contributed by atoms with Crippen molar-refractivity contribution in [2.45, 2.75) is 52.4 Å². The molecule has 0 heterocycles. The molecule has 0 bridgehead atoms. The SMILES string of the molecule is CCc1cccc(CC)c1NC(=O)C1CCCCC1C(=O)[O-]. The average Bonchev–Trinajstić information content (AvgIpc) is 2.54. The molecule has 1 aliphatic rings. The van der Waals surface area contributed by atoms with Crippen molar-refractivity contribution < 1.29 is 14.7 Å². The van der Waals surface area contributed by atoms with E-state index in [2.05, 4.69) is 19.2 Å². The summed E-state index contributed by atoms with van der Waals surface area (Å²) >= 11 is 0. The summed E-state index contributed by atoms with van der Waals surface area (Å²) in [5.74, 6) is -2.41. The molecule has 1 N–H and O–H groups in total. The normalized spacial score (nSPS) is 21.4. The Morgan fingerprint density at radius 3 is 2.14 bits per heavy atom. The molecular weight excluding hydrogens is 278 g/mol. The molecule has 2 unspecified atom stereocenters. The predicted octanol–water partition coefficient (Wildman–Crippen LogP) is 2.31. The average molecular weight is 302 g/mol. The predicted molar refractivity (Wildman–Crippen MR) is 84.3 cm³/mol. The number of rotatable bonds is 5. The van der Waals surface area contributed by atoms with E-state index in [4.69, 9.17) is 0 Å². The third kappa shape index (κ3) is 3.49. The second kappa shape index (κ2) is 7.43. The number of aryl methyl sites for hydroxylation is 2. The lowest BCUT2D eigenvalue weighted by molar-refractivity contribution is -0.313. The van der Waals surface area contributed by atoms with Gasteiger partial charge in [-0.15, -0.1) is 0 Å². The number of anilines is 1. The molecule has 0 spiro atoms. The van der Waals surface area contributed by atoms with Crippen molar-refractivity contribution in [3.8, 4) is 0 Å². The van der Waals surface area contributed by atoms with E-state index in [9.17, 15) is 14.7 Å². The first-order valence-electron chi connectivity index (χ1n) is 8.20. The van der Waals surface area contributed by atoms with Gasteiger partial charge in [-0.1, -0.05) is 44.9 Å². The Hall–Kier alpha value is -1.84. The van der Waals surface area contributed by atoms with Crippen LogP contribution in [-0.2, 0) is 22.4 Å². The van der Waals surface area contributed by atoms with Crippen molar-refractivity contribution in [2.75, 3.05) is 5.32 Å². The molecular formula is C18H24NO3-. The van der Waals surface area contributed by atoms with Gasteiger partial charge < -0.3 is 15.2 Å². The molecule has 2 rings (SSSR count). The maximum atomic E-state index is 12.6. The number of carbonyl (C=O) groups excluding carboxylic acids is 2. The van der Waals surface area contributed by atoms with Gasteiger partial charge >= 0.3 is 0 Å². The van der Waals surface area contributed by atoms with E-state index < -0.39 is 17.8 Å². The van der Waals surface area contributed by atoms with E-state index in [1.165, 1.54) is 0 Å².